The number of rotatable bonds is 3. The maximum absolute atomic E-state index is 12.6. The van der Waals surface area contributed by atoms with Crippen LogP contribution in [0.5, 0.6) is 0 Å². The number of carbonyl (C=O) groups excluding carboxylic acids is 1. The average Bonchev–Trinajstić information content (AvgIpc) is 3.45. The van der Waals surface area contributed by atoms with E-state index in [1.165, 1.54) is 71.9 Å². The van der Waals surface area contributed by atoms with Crippen molar-refractivity contribution in [3.63, 3.8) is 0 Å². The smallest absolute Gasteiger partial charge is 0.329 e. The highest BCUT2D eigenvalue weighted by molar-refractivity contribution is 7.97. The van der Waals surface area contributed by atoms with Gasteiger partial charge >= 0.3 is 6.03 Å². The van der Waals surface area contributed by atoms with Crippen molar-refractivity contribution in [3.8, 4) is 0 Å². The molecule has 2 amide bonds. The van der Waals surface area contributed by atoms with Crippen LogP contribution >= 0.6 is 11.9 Å². The average molecular weight is 415 g/mol. The number of hydrogen-bond donors (Lipinski definition) is 3. The minimum Gasteiger partial charge on any atom is -0.453 e. The van der Waals surface area contributed by atoms with E-state index < -0.39 is 0 Å². The molecule has 2 aromatic rings. The fourth-order valence-corrected chi connectivity index (χ4v) is 5.48. The van der Waals surface area contributed by atoms with Crippen LogP contribution in [0.3, 0.4) is 0 Å². The molecule has 3 aliphatic rings. The second-order valence-corrected chi connectivity index (χ2v) is 8.78. The summed E-state index contributed by atoms with van der Waals surface area (Å²) in [5.41, 5.74) is 8.00. The number of urea groups is 1. The Hall–Kier alpha value is -1.92. The van der Waals surface area contributed by atoms with Gasteiger partial charge in [0.05, 0.1) is 0 Å². The van der Waals surface area contributed by atoms with E-state index >= 15 is 0 Å². The first-order chi connectivity index (χ1) is 14.3. The van der Waals surface area contributed by atoms with Gasteiger partial charge in [0.15, 0.2) is 5.09 Å². The number of hydrogen-bond acceptors (Lipinski definition) is 4. The highest BCUT2D eigenvalue weighted by Gasteiger charge is 2.25. The Labute approximate surface area is 176 Å². The third kappa shape index (κ3) is 4.33. The number of carbonyl (C=O) groups is 1. The SMILES string of the molecule is CO.O=C(NSc1cc2c(o1)CCCCC2)Nc1c2c(cc3c1CCC3)CCC2. The van der Waals surface area contributed by atoms with Crippen LogP contribution in [0.25, 0.3) is 0 Å². The molecule has 0 fully saturated rings. The summed E-state index contributed by atoms with van der Waals surface area (Å²) < 4.78 is 8.88. The molecule has 3 aliphatic carbocycles. The van der Waals surface area contributed by atoms with Crippen molar-refractivity contribution in [2.45, 2.75) is 75.7 Å². The van der Waals surface area contributed by atoms with Crippen molar-refractivity contribution in [2.75, 3.05) is 12.4 Å². The van der Waals surface area contributed by atoms with E-state index in [4.69, 9.17) is 9.52 Å². The van der Waals surface area contributed by atoms with E-state index in [1.54, 1.807) is 0 Å². The van der Waals surface area contributed by atoms with Gasteiger partial charge in [0, 0.05) is 31.2 Å². The van der Waals surface area contributed by atoms with Gasteiger partial charge in [-0.05, 0) is 91.7 Å². The fraction of sp³-hybridized carbons (Fsp3) is 0.522. The number of fused-ring (bicyclic) bond motifs is 3. The topological polar surface area (TPSA) is 74.5 Å². The third-order valence-electron chi connectivity index (χ3n) is 6.18. The molecule has 156 valence electrons. The number of aliphatic hydroxyl groups is 1. The van der Waals surface area contributed by atoms with Crippen LogP contribution in [0.2, 0.25) is 0 Å². The lowest BCUT2D eigenvalue weighted by atomic mass is 9.99. The van der Waals surface area contributed by atoms with E-state index in [2.05, 4.69) is 22.2 Å². The highest BCUT2D eigenvalue weighted by atomic mass is 32.2. The number of furan rings is 1. The highest BCUT2D eigenvalue weighted by Crippen LogP contribution is 2.38. The second kappa shape index (κ2) is 9.26. The van der Waals surface area contributed by atoms with Crippen molar-refractivity contribution in [2.24, 2.45) is 0 Å². The zero-order chi connectivity index (χ0) is 20.2. The molecule has 1 aromatic carbocycles. The molecule has 6 heteroatoms. The molecule has 0 unspecified atom stereocenters. The molecule has 0 bridgehead atoms. The summed E-state index contributed by atoms with van der Waals surface area (Å²) in [7, 11) is 1.00. The van der Waals surface area contributed by atoms with Gasteiger partial charge in [-0.1, -0.05) is 12.5 Å². The third-order valence-corrected chi connectivity index (χ3v) is 6.87. The Balaban J connectivity index is 0.000000994. The molecule has 1 aromatic heterocycles. The first-order valence-corrected chi connectivity index (χ1v) is 11.6. The van der Waals surface area contributed by atoms with Crippen molar-refractivity contribution in [3.05, 3.63) is 45.7 Å². The fourth-order valence-electron chi connectivity index (χ4n) is 4.89. The minimum atomic E-state index is -0.152. The molecule has 5 nitrogen and oxygen atoms in total. The van der Waals surface area contributed by atoms with Crippen LogP contribution < -0.4 is 10.0 Å². The van der Waals surface area contributed by atoms with Gasteiger partial charge < -0.3 is 14.8 Å². The van der Waals surface area contributed by atoms with E-state index in [1.807, 2.05) is 0 Å². The molecule has 1 heterocycles. The van der Waals surface area contributed by atoms with Crippen molar-refractivity contribution in [1.82, 2.24) is 4.72 Å². The molecular formula is C23H30N2O3S. The molecule has 0 spiro atoms. The molecule has 0 atom stereocenters. The standard InChI is InChI=1S/C22H26N2O2S.CH4O/c25-22(24-27-20-13-16-6-2-1-3-11-19(16)26-20)23-21-17-9-4-7-14(17)12-15-8-5-10-18(15)21;1-2/h12-13H,1-11H2,(H2,23,24,25);2H,1H3. The van der Waals surface area contributed by atoms with Gasteiger partial charge in [0.1, 0.15) is 5.76 Å². The van der Waals surface area contributed by atoms with E-state index in [0.29, 0.717) is 0 Å². The normalized spacial score (nSPS) is 16.8. The van der Waals surface area contributed by atoms with Crippen molar-refractivity contribution in [1.29, 1.82) is 0 Å². The first kappa shape index (κ1) is 20.4. The zero-order valence-electron chi connectivity index (χ0n) is 17.1. The van der Waals surface area contributed by atoms with Crippen LogP contribution in [0.15, 0.2) is 21.6 Å². The Bertz CT molecular complexity index is 835. The monoisotopic (exact) mass is 414 g/mol. The van der Waals surface area contributed by atoms with Gasteiger partial charge in [-0.15, -0.1) is 0 Å². The van der Waals surface area contributed by atoms with Gasteiger partial charge in [0.25, 0.3) is 0 Å². The Morgan fingerprint density at radius 1 is 0.862 bits per heavy atom. The second-order valence-electron chi connectivity index (χ2n) is 7.97. The van der Waals surface area contributed by atoms with E-state index in [0.717, 1.165) is 62.2 Å². The summed E-state index contributed by atoms with van der Waals surface area (Å²) in [5.74, 6) is 1.11. The van der Waals surface area contributed by atoms with Crippen molar-refractivity contribution >= 4 is 23.7 Å². The number of benzene rings is 1. The largest absolute Gasteiger partial charge is 0.453 e. The number of amides is 2. The quantitative estimate of drug-likeness (QED) is 0.490. The van der Waals surface area contributed by atoms with Crippen LogP contribution in [-0.2, 0) is 38.5 Å². The van der Waals surface area contributed by atoms with E-state index in [9.17, 15) is 4.79 Å². The summed E-state index contributed by atoms with van der Waals surface area (Å²) in [5, 5.41) is 11.0. The Kier molecular flexibility index (Phi) is 6.50. The molecule has 0 aliphatic heterocycles. The van der Waals surface area contributed by atoms with Crippen LogP contribution in [0.4, 0.5) is 10.5 Å². The first-order valence-electron chi connectivity index (χ1n) is 10.7. The predicted molar refractivity (Wildman–Crippen MR) is 117 cm³/mol. The minimum absolute atomic E-state index is 0.152. The lowest BCUT2D eigenvalue weighted by Gasteiger charge is -2.16. The molecule has 29 heavy (non-hydrogen) atoms. The Morgan fingerprint density at radius 2 is 1.52 bits per heavy atom. The summed E-state index contributed by atoms with van der Waals surface area (Å²) in [4.78, 5) is 12.6. The maximum Gasteiger partial charge on any atom is 0.329 e. The van der Waals surface area contributed by atoms with Crippen LogP contribution in [-0.4, -0.2) is 18.2 Å². The molecule has 5 rings (SSSR count). The number of aliphatic hydroxyl groups excluding tert-OH is 1. The summed E-state index contributed by atoms with van der Waals surface area (Å²) in [6, 6.07) is 4.34. The Morgan fingerprint density at radius 3 is 2.24 bits per heavy atom. The predicted octanol–water partition coefficient (Wildman–Crippen LogP) is 4.96. The van der Waals surface area contributed by atoms with Gasteiger partial charge in [-0.2, -0.15) is 0 Å². The van der Waals surface area contributed by atoms with E-state index in [-0.39, 0.29) is 6.03 Å². The zero-order valence-corrected chi connectivity index (χ0v) is 17.9. The molecular weight excluding hydrogens is 384 g/mol. The number of anilines is 1. The molecule has 0 radical (unpaired) electrons. The number of nitrogens with one attached hydrogen (secondary N) is 2. The summed E-state index contributed by atoms with van der Waals surface area (Å²) in [6.07, 6.45) is 12.7. The molecule has 3 N–H and O–H groups in total. The maximum atomic E-state index is 12.6. The molecule has 0 saturated carbocycles. The lowest BCUT2D eigenvalue weighted by molar-refractivity contribution is 0.257. The van der Waals surface area contributed by atoms with Gasteiger partial charge in [0.2, 0.25) is 0 Å². The number of aryl methyl sites for hydroxylation is 4. The summed E-state index contributed by atoms with van der Waals surface area (Å²) >= 11 is 1.29. The van der Waals surface area contributed by atoms with Crippen LogP contribution in [0, 0.1) is 0 Å². The lowest BCUT2D eigenvalue weighted by Crippen LogP contribution is -2.24. The van der Waals surface area contributed by atoms with Gasteiger partial charge in [-0.3, -0.25) is 4.72 Å². The van der Waals surface area contributed by atoms with Crippen molar-refractivity contribution < 1.29 is 14.3 Å². The van der Waals surface area contributed by atoms with Crippen LogP contribution in [0.1, 0.15) is 65.7 Å². The summed E-state index contributed by atoms with van der Waals surface area (Å²) in [6.45, 7) is 0. The van der Waals surface area contributed by atoms with Gasteiger partial charge in [-0.25, -0.2) is 4.79 Å². The molecule has 0 saturated heterocycles.